The molecule has 94 valence electrons. The lowest BCUT2D eigenvalue weighted by atomic mass is 9.84. The Labute approximate surface area is 98.6 Å². The molecule has 0 heterocycles. The van der Waals surface area contributed by atoms with Crippen LogP contribution in [0, 0.1) is 16.7 Å². The Morgan fingerprint density at radius 1 is 1.50 bits per heavy atom. The Bertz CT molecular complexity index is 266. The van der Waals surface area contributed by atoms with E-state index in [4.69, 9.17) is 5.11 Å². The molecule has 0 aromatic heterocycles. The third kappa shape index (κ3) is 3.21. The summed E-state index contributed by atoms with van der Waals surface area (Å²) in [5.74, 6) is 0.314. The van der Waals surface area contributed by atoms with Crippen molar-refractivity contribution in [2.45, 2.75) is 53.5 Å². The molecule has 2 unspecified atom stereocenters. The Morgan fingerprint density at radius 3 is 2.31 bits per heavy atom. The molecule has 1 aliphatic rings. The van der Waals surface area contributed by atoms with Crippen LogP contribution < -0.4 is 5.32 Å². The van der Waals surface area contributed by atoms with Gasteiger partial charge in [-0.05, 0) is 23.7 Å². The smallest absolute Gasteiger partial charge is 0.223 e. The topological polar surface area (TPSA) is 49.3 Å². The molecule has 0 spiro atoms. The highest BCUT2D eigenvalue weighted by molar-refractivity contribution is 5.82. The number of aliphatic hydroxyl groups is 1. The molecule has 16 heavy (non-hydrogen) atoms. The van der Waals surface area contributed by atoms with Crippen LogP contribution in [-0.2, 0) is 4.79 Å². The number of amides is 1. The fourth-order valence-corrected chi connectivity index (χ4v) is 2.04. The third-order valence-electron chi connectivity index (χ3n) is 3.61. The summed E-state index contributed by atoms with van der Waals surface area (Å²) in [7, 11) is 0. The zero-order valence-electron chi connectivity index (χ0n) is 11.1. The van der Waals surface area contributed by atoms with Gasteiger partial charge in [0.1, 0.15) is 0 Å². The van der Waals surface area contributed by atoms with Gasteiger partial charge in [-0.1, -0.05) is 34.6 Å². The highest BCUT2D eigenvalue weighted by atomic mass is 16.3. The second kappa shape index (κ2) is 4.36. The highest BCUT2D eigenvalue weighted by Crippen LogP contribution is 2.51. The zero-order valence-corrected chi connectivity index (χ0v) is 11.1. The summed E-state index contributed by atoms with van der Waals surface area (Å²) in [5.41, 5.74) is 0.170. The van der Waals surface area contributed by atoms with Crippen molar-refractivity contribution in [3.8, 4) is 0 Å². The van der Waals surface area contributed by atoms with Crippen molar-refractivity contribution in [1.29, 1.82) is 0 Å². The molecule has 0 radical (unpaired) electrons. The van der Waals surface area contributed by atoms with E-state index in [0.717, 1.165) is 6.42 Å². The van der Waals surface area contributed by atoms with Gasteiger partial charge in [0.05, 0.1) is 0 Å². The van der Waals surface area contributed by atoms with Crippen molar-refractivity contribution < 1.29 is 9.90 Å². The minimum absolute atomic E-state index is 0.00256. The van der Waals surface area contributed by atoms with Crippen LogP contribution in [0.4, 0.5) is 0 Å². The number of rotatable bonds is 4. The van der Waals surface area contributed by atoms with Crippen molar-refractivity contribution in [2.75, 3.05) is 6.61 Å². The molecule has 1 fully saturated rings. The predicted molar refractivity (Wildman–Crippen MR) is 65.0 cm³/mol. The average Bonchev–Trinajstić information content (AvgIpc) is 2.73. The Kier molecular flexibility index (Phi) is 3.68. The van der Waals surface area contributed by atoms with Gasteiger partial charge in [0, 0.05) is 18.6 Å². The fraction of sp³-hybridized carbons (Fsp3) is 0.923. The number of hydrogen-bond acceptors (Lipinski definition) is 2. The summed E-state index contributed by atoms with van der Waals surface area (Å²) < 4.78 is 0. The molecule has 1 aliphatic carbocycles. The number of hydrogen-bond donors (Lipinski definition) is 2. The molecule has 1 saturated carbocycles. The normalized spacial score (nSPS) is 25.0. The van der Waals surface area contributed by atoms with Crippen LogP contribution in [-0.4, -0.2) is 23.7 Å². The maximum atomic E-state index is 12.0. The SMILES string of the molecule is CC(C)(C)C(CCO)NC(=O)C1CC1(C)C. The molecule has 3 heteroatoms. The molecule has 3 nitrogen and oxygen atoms in total. The molecular weight excluding hydrogens is 202 g/mol. The first kappa shape index (κ1) is 13.5. The first-order valence-electron chi connectivity index (χ1n) is 6.10. The molecular formula is C13H25NO2. The summed E-state index contributed by atoms with van der Waals surface area (Å²) in [6, 6.07) is 0.0569. The van der Waals surface area contributed by atoms with E-state index in [-0.39, 0.29) is 35.3 Å². The van der Waals surface area contributed by atoms with Gasteiger partial charge in [-0.2, -0.15) is 0 Å². The van der Waals surface area contributed by atoms with Crippen LogP contribution in [0.1, 0.15) is 47.5 Å². The maximum absolute atomic E-state index is 12.0. The molecule has 0 aromatic rings. The summed E-state index contributed by atoms with van der Waals surface area (Å²) in [4.78, 5) is 12.0. The molecule has 2 atom stereocenters. The quantitative estimate of drug-likeness (QED) is 0.771. The lowest BCUT2D eigenvalue weighted by molar-refractivity contribution is -0.124. The van der Waals surface area contributed by atoms with Gasteiger partial charge in [0.15, 0.2) is 0 Å². The summed E-state index contributed by atoms with van der Waals surface area (Å²) in [6.07, 6.45) is 1.61. The van der Waals surface area contributed by atoms with Gasteiger partial charge in [0.25, 0.3) is 0 Å². The predicted octanol–water partition coefficient (Wildman–Crippen LogP) is 1.95. The van der Waals surface area contributed by atoms with Crippen LogP contribution >= 0.6 is 0 Å². The Hall–Kier alpha value is -0.570. The van der Waals surface area contributed by atoms with Crippen LogP contribution in [0.2, 0.25) is 0 Å². The summed E-state index contributed by atoms with van der Waals surface area (Å²) >= 11 is 0. The second-order valence-electron chi connectivity index (χ2n) is 6.68. The first-order valence-corrected chi connectivity index (χ1v) is 6.10. The highest BCUT2D eigenvalue weighted by Gasteiger charge is 2.51. The number of carbonyl (C=O) groups excluding carboxylic acids is 1. The Morgan fingerprint density at radius 2 is 2.00 bits per heavy atom. The van der Waals surface area contributed by atoms with E-state index >= 15 is 0 Å². The lowest BCUT2D eigenvalue weighted by Gasteiger charge is -2.31. The van der Waals surface area contributed by atoms with E-state index in [1.807, 2.05) is 0 Å². The number of carbonyl (C=O) groups is 1. The molecule has 0 saturated heterocycles. The maximum Gasteiger partial charge on any atom is 0.223 e. The summed E-state index contributed by atoms with van der Waals surface area (Å²) in [6.45, 7) is 10.6. The minimum Gasteiger partial charge on any atom is -0.396 e. The lowest BCUT2D eigenvalue weighted by Crippen LogP contribution is -2.45. The van der Waals surface area contributed by atoms with E-state index in [9.17, 15) is 4.79 Å². The standard InChI is InChI=1S/C13H25NO2/c1-12(2,3)10(6-7-15)14-11(16)9-8-13(9,4)5/h9-10,15H,6-8H2,1-5H3,(H,14,16). The number of aliphatic hydroxyl groups excluding tert-OH is 1. The monoisotopic (exact) mass is 227 g/mol. The van der Waals surface area contributed by atoms with Gasteiger partial charge >= 0.3 is 0 Å². The van der Waals surface area contributed by atoms with Gasteiger partial charge in [0.2, 0.25) is 5.91 Å². The summed E-state index contributed by atoms with van der Waals surface area (Å²) in [5, 5.41) is 12.1. The average molecular weight is 227 g/mol. The largest absolute Gasteiger partial charge is 0.396 e. The van der Waals surface area contributed by atoms with Crippen molar-refractivity contribution in [3.05, 3.63) is 0 Å². The van der Waals surface area contributed by atoms with Crippen molar-refractivity contribution in [3.63, 3.8) is 0 Å². The molecule has 2 N–H and O–H groups in total. The van der Waals surface area contributed by atoms with Gasteiger partial charge in [-0.15, -0.1) is 0 Å². The third-order valence-corrected chi connectivity index (χ3v) is 3.61. The van der Waals surface area contributed by atoms with Gasteiger partial charge in [-0.3, -0.25) is 4.79 Å². The van der Waals surface area contributed by atoms with Crippen molar-refractivity contribution >= 4 is 5.91 Å². The molecule has 0 bridgehead atoms. The fourth-order valence-electron chi connectivity index (χ4n) is 2.04. The van der Waals surface area contributed by atoms with Crippen LogP contribution in [0.5, 0.6) is 0 Å². The zero-order chi connectivity index (χ0) is 12.6. The van der Waals surface area contributed by atoms with Crippen LogP contribution in [0.25, 0.3) is 0 Å². The minimum atomic E-state index is -0.00256. The molecule has 1 rings (SSSR count). The Balaban J connectivity index is 2.53. The first-order chi connectivity index (χ1) is 7.18. The van der Waals surface area contributed by atoms with Crippen LogP contribution in [0.3, 0.4) is 0 Å². The van der Waals surface area contributed by atoms with Crippen LogP contribution in [0.15, 0.2) is 0 Å². The van der Waals surface area contributed by atoms with E-state index < -0.39 is 0 Å². The molecule has 1 amide bonds. The number of nitrogens with one attached hydrogen (secondary N) is 1. The molecule has 0 aromatic carbocycles. The van der Waals surface area contributed by atoms with E-state index in [0.29, 0.717) is 6.42 Å². The van der Waals surface area contributed by atoms with E-state index in [1.54, 1.807) is 0 Å². The van der Waals surface area contributed by atoms with Gasteiger partial charge in [-0.25, -0.2) is 0 Å². The molecule has 0 aliphatic heterocycles. The van der Waals surface area contributed by atoms with E-state index in [2.05, 4.69) is 39.9 Å². The van der Waals surface area contributed by atoms with Crippen molar-refractivity contribution in [1.82, 2.24) is 5.32 Å². The second-order valence-corrected chi connectivity index (χ2v) is 6.68. The van der Waals surface area contributed by atoms with E-state index in [1.165, 1.54) is 0 Å². The van der Waals surface area contributed by atoms with Gasteiger partial charge < -0.3 is 10.4 Å². The van der Waals surface area contributed by atoms with Crippen molar-refractivity contribution in [2.24, 2.45) is 16.7 Å².